The lowest BCUT2D eigenvalue weighted by atomic mass is 9.74. The largest absolute Gasteiger partial charge is 0.494 e. The first-order valence-corrected chi connectivity index (χ1v) is 13.4. The SMILES string of the molecule is COc1ccc(C2=C(C)N=C(C3(C)CCN(c4ncnc5c4C=C(c4cnn(C(C)F)c4)C5)CC3)C2)cc1F. The molecule has 0 radical (unpaired) electrons. The summed E-state index contributed by atoms with van der Waals surface area (Å²) in [5.74, 6) is 0.835. The third kappa shape index (κ3) is 4.53. The van der Waals surface area contributed by atoms with Crippen LogP contribution in [0.1, 0.15) is 68.7 Å². The lowest BCUT2D eigenvalue weighted by Gasteiger charge is -2.40. The number of hydrogen-bond acceptors (Lipinski definition) is 6. The average molecular weight is 531 g/mol. The quantitative estimate of drug-likeness (QED) is 0.375. The van der Waals surface area contributed by atoms with Gasteiger partial charge in [0.15, 0.2) is 17.9 Å². The van der Waals surface area contributed by atoms with Gasteiger partial charge in [-0.15, -0.1) is 0 Å². The minimum Gasteiger partial charge on any atom is -0.494 e. The van der Waals surface area contributed by atoms with Crippen molar-refractivity contribution < 1.29 is 13.5 Å². The molecular weight excluding hydrogens is 498 g/mol. The molecule has 3 aliphatic rings. The summed E-state index contributed by atoms with van der Waals surface area (Å²) < 4.78 is 34.5. The molecule has 9 heteroatoms. The molecule has 39 heavy (non-hydrogen) atoms. The van der Waals surface area contributed by atoms with Crippen molar-refractivity contribution in [2.45, 2.75) is 52.8 Å². The minimum absolute atomic E-state index is 0.0423. The number of ether oxygens (including phenoxy) is 1. The Morgan fingerprint density at radius 1 is 1.10 bits per heavy atom. The molecule has 3 aromatic rings. The number of aromatic nitrogens is 4. The minimum atomic E-state index is -1.17. The maximum atomic E-state index is 14.4. The summed E-state index contributed by atoms with van der Waals surface area (Å²) in [6.07, 6.45) is 9.35. The smallest absolute Gasteiger partial charge is 0.188 e. The van der Waals surface area contributed by atoms with Crippen molar-refractivity contribution in [2.75, 3.05) is 25.1 Å². The molecule has 0 spiro atoms. The highest BCUT2D eigenvalue weighted by Gasteiger charge is 2.38. The molecule has 2 aromatic heterocycles. The second-order valence-electron chi connectivity index (χ2n) is 10.9. The Morgan fingerprint density at radius 3 is 2.59 bits per heavy atom. The second kappa shape index (κ2) is 9.70. The van der Waals surface area contributed by atoms with Gasteiger partial charge < -0.3 is 9.64 Å². The first kappa shape index (κ1) is 25.4. The van der Waals surface area contributed by atoms with Crippen LogP contribution in [0.25, 0.3) is 17.2 Å². The van der Waals surface area contributed by atoms with E-state index in [1.54, 1.807) is 30.9 Å². The van der Waals surface area contributed by atoms with Gasteiger partial charge in [-0.25, -0.2) is 23.4 Å². The zero-order valence-corrected chi connectivity index (χ0v) is 22.7. The zero-order valence-electron chi connectivity index (χ0n) is 22.7. The molecule has 0 saturated carbocycles. The van der Waals surface area contributed by atoms with Crippen LogP contribution in [-0.2, 0) is 6.42 Å². The number of halogens is 2. The van der Waals surface area contributed by atoms with Crippen molar-refractivity contribution >= 4 is 28.8 Å². The molecule has 1 aromatic carbocycles. The summed E-state index contributed by atoms with van der Waals surface area (Å²) in [5, 5.41) is 4.15. The maximum Gasteiger partial charge on any atom is 0.188 e. The number of fused-ring (bicyclic) bond motifs is 1. The lowest BCUT2D eigenvalue weighted by Crippen LogP contribution is -2.43. The standard InChI is InChI=1S/C30H32F2N6O/c1-18-23(20-5-6-27(39-4)25(32)12-20)14-28(36-18)30(3)7-9-37(10-8-30)29-24-11-21(13-26(24)33-17-34-29)22-15-35-38(16-22)19(2)31/h5-6,11-12,15-17,19H,7-10,13-14H2,1-4H3. The summed E-state index contributed by atoms with van der Waals surface area (Å²) in [4.78, 5) is 16.5. The zero-order chi connectivity index (χ0) is 27.3. The molecule has 1 fully saturated rings. The summed E-state index contributed by atoms with van der Waals surface area (Å²) in [6, 6.07) is 5.13. The van der Waals surface area contributed by atoms with E-state index >= 15 is 0 Å². The van der Waals surface area contributed by atoms with Crippen LogP contribution in [0.15, 0.2) is 47.6 Å². The van der Waals surface area contributed by atoms with Gasteiger partial charge >= 0.3 is 0 Å². The number of nitrogens with zero attached hydrogens (tertiary/aromatic N) is 6. The van der Waals surface area contributed by atoms with Crippen molar-refractivity contribution in [1.29, 1.82) is 0 Å². The number of aliphatic imine (C=N–C) groups is 1. The number of allylic oxidation sites excluding steroid dienone is 3. The summed E-state index contributed by atoms with van der Waals surface area (Å²) in [6.45, 7) is 7.47. The van der Waals surface area contributed by atoms with Gasteiger partial charge in [0.05, 0.1) is 19.0 Å². The van der Waals surface area contributed by atoms with Crippen LogP contribution in [0.4, 0.5) is 14.6 Å². The number of piperidine rings is 1. The van der Waals surface area contributed by atoms with E-state index in [1.807, 2.05) is 13.0 Å². The topological polar surface area (TPSA) is 68.4 Å². The van der Waals surface area contributed by atoms with Gasteiger partial charge in [-0.2, -0.15) is 5.10 Å². The number of anilines is 1. The number of rotatable bonds is 6. The normalized spacial score (nSPS) is 19.2. The van der Waals surface area contributed by atoms with Crippen molar-refractivity contribution in [3.05, 3.63) is 70.8 Å². The van der Waals surface area contributed by atoms with Gasteiger partial charge in [-0.05, 0) is 61.6 Å². The van der Waals surface area contributed by atoms with E-state index in [-0.39, 0.29) is 17.0 Å². The highest BCUT2D eigenvalue weighted by atomic mass is 19.1. The molecule has 0 bridgehead atoms. The van der Waals surface area contributed by atoms with E-state index in [0.717, 1.165) is 77.4 Å². The fourth-order valence-corrected chi connectivity index (χ4v) is 5.87. The Morgan fingerprint density at radius 2 is 1.90 bits per heavy atom. The van der Waals surface area contributed by atoms with E-state index in [4.69, 9.17) is 9.73 Å². The number of methoxy groups -OCH3 is 1. The van der Waals surface area contributed by atoms with Gasteiger partial charge in [-0.1, -0.05) is 13.0 Å². The van der Waals surface area contributed by atoms with Crippen LogP contribution in [0.3, 0.4) is 0 Å². The van der Waals surface area contributed by atoms with Crippen molar-refractivity contribution in [1.82, 2.24) is 19.7 Å². The fourth-order valence-electron chi connectivity index (χ4n) is 5.87. The number of benzene rings is 1. The van der Waals surface area contributed by atoms with Crippen LogP contribution >= 0.6 is 0 Å². The van der Waals surface area contributed by atoms with E-state index < -0.39 is 6.30 Å². The van der Waals surface area contributed by atoms with Gasteiger partial charge in [0.1, 0.15) is 12.1 Å². The van der Waals surface area contributed by atoms with E-state index in [0.29, 0.717) is 6.42 Å². The maximum absolute atomic E-state index is 14.4. The Hall–Kier alpha value is -3.88. The van der Waals surface area contributed by atoms with Crippen molar-refractivity contribution in [3.63, 3.8) is 0 Å². The fraction of sp³-hybridized carbons (Fsp3) is 0.400. The molecule has 1 saturated heterocycles. The van der Waals surface area contributed by atoms with E-state index in [2.05, 4.69) is 33.0 Å². The highest BCUT2D eigenvalue weighted by Crippen LogP contribution is 2.43. The first-order valence-electron chi connectivity index (χ1n) is 13.4. The Kier molecular flexibility index (Phi) is 6.32. The average Bonchev–Trinajstić information content (AvgIpc) is 3.67. The molecule has 7 nitrogen and oxygen atoms in total. The summed E-state index contributed by atoms with van der Waals surface area (Å²) in [5.41, 5.74) is 8.02. The van der Waals surface area contributed by atoms with Crippen LogP contribution < -0.4 is 9.64 Å². The third-order valence-electron chi connectivity index (χ3n) is 8.41. The Bertz CT molecular complexity index is 1530. The molecule has 202 valence electrons. The van der Waals surface area contributed by atoms with Crippen LogP contribution in [-0.4, -0.2) is 45.7 Å². The number of hydrogen-bond donors (Lipinski definition) is 0. The second-order valence-corrected chi connectivity index (χ2v) is 10.9. The molecule has 2 aliphatic heterocycles. The van der Waals surface area contributed by atoms with E-state index in [1.165, 1.54) is 24.4 Å². The molecule has 4 heterocycles. The monoisotopic (exact) mass is 530 g/mol. The van der Waals surface area contributed by atoms with Crippen LogP contribution in [0.5, 0.6) is 5.75 Å². The Balaban J connectivity index is 1.16. The Labute approximate surface area is 226 Å². The molecule has 6 rings (SSSR count). The highest BCUT2D eigenvalue weighted by molar-refractivity contribution is 6.03. The molecule has 0 N–H and O–H groups in total. The first-order chi connectivity index (χ1) is 18.8. The molecule has 0 amide bonds. The van der Waals surface area contributed by atoms with Crippen LogP contribution in [0, 0.1) is 11.2 Å². The molecule has 1 aliphatic carbocycles. The van der Waals surface area contributed by atoms with Crippen LogP contribution in [0.2, 0.25) is 0 Å². The van der Waals surface area contributed by atoms with Gasteiger partial charge in [-0.3, -0.25) is 4.99 Å². The predicted molar refractivity (Wildman–Crippen MR) is 149 cm³/mol. The third-order valence-corrected chi connectivity index (χ3v) is 8.41. The van der Waals surface area contributed by atoms with E-state index in [9.17, 15) is 8.78 Å². The summed E-state index contributed by atoms with van der Waals surface area (Å²) >= 11 is 0. The predicted octanol–water partition coefficient (Wildman–Crippen LogP) is 6.29. The van der Waals surface area contributed by atoms with Gasteiger partial charge in [0.2, 0.25) is 0 Å². The molecule has 1 unspecified atom stereocenters. The van der Waals surface area contributed by atoms with Gasteiger partial charge in [0, 0.05) is 60.1 Å². The number of alkyl halides is 1. The molecular formula is C30H32F2N6O. The lowest BCUT2D eigenvalue weighted by molar-refractivity contribution is 0.245. The van der Waals surface area contributed by atoms with Crippen molar-refractivity contribution in [2.24, 2.45) is 10.4 Å². The molecule has 1 atom stereocenters. The van der Waals surface area contributed by atoms with Crippen molar-refractivity contribution in [3.8, 4) is 5.75 Å². The van der Waals surface area contributed by atoms with Gasteiger partial charge in [0.25, 0.3) is 0 Å². The summed E-state index contributed by atoms with van der Waals surface area (Å²) in [7, 11) is 1.47.